The highest BCUT2D eigenvalue weighted by Crippen LogP contribution is 2.25. The molecule has 1 fully saturated rings. The van der Waals surface area contributed by atoms with Crippen LogP contribution in [0.1, 0.15) is 32.1 Å². The van der Waals surface area contributed by atoms with Crippen LogP contribution in [0.15, 0.2) is 29.4 Å². The number of thioether (sulfide) groups is 1. The molecule has 0 unspecified atom stereocenters. The Labute approximate surface area is 169 Å². The topological polar surface area (TPSA) is 103 Å². The van der Waals surface area contributed by atoms with E-state index in [9.17, 15) is 13.2 Å². The molecule has 8 nitrogen and oxygen atoms in total. The lowest BCUT2D eigenvalue weighted by atomic mass is 9.98. The van der Waals surface area contributed by atoms with E-state index in [0.29, 0.717) is 16.7 Å². The summed E-state index contributed by atoms with van der Waals surface area (Å²) in [5.74, 6) is 0.603. The molecule has 152 valence electrons. The molecule has 1 aromatic carbocycles. The van der Waals surface area contributed by atoms with Gasteiger partial charge in [0.15, 0.2) is 11.0 Å². The smallest absolute Gasteiger partial charge is 0.316 e. The molecule has 1 aromatic heterocycles. The molecule has 2 aromatic rings. The number of ether oxygens (including phenoxy) is 1. The van der Waals surface area contributed by atoms with Crippen molar-refractivity contribution in [1.29, 1.82) is 0 Å². The predicted molar refractivity (Wildman–Crippen MR) is 109 cm³/mol. The largest absolute Gasteiger partial charge is 0.462 e. The molecular formula is C18H24N4O4S2. The number of anilines is 1. The van der Waals surface area contributed by atoms with Crippen LogP contribution >= 0.6 is 11.8 Å². The third-order valence-corrected chi connectivity index (χ3v) is 6.05. The van der Waals surface area contributed by atoms with Crippen molar-refractivity contribution in [2.45, 2.75) is 43.4 Å². The van der Waals surface area contributed by atoms with Crippen molar-refractivity contribution in [1.82, 2.24) is 14.8 Å². The highest BCUT2D eigenvalue weighted by Gasteiger charge is 2.19. The van der Waals surface area contributed by atoms with Gasteiger partial charge in [0.25, 0.3) is 0 Å². The Morgan fingerprint density at radius 1 is 1.21 bits per heavy atom. The van der Waals surface area contributed by atoms with Crippen LogP contribution in [0.2, 0.25) is 0 Å². The second-order valence-corrected chi connectivity index (χ2v) is 9.55. The van der Waals surface area contributed by atoms with Crippen LogP contribution in [0.25, 0.3) is 11.4 Å². The average molecular weight is 425 g/mol. The van der Waals surface area contributed by atoms with E-state index in [1.807, 2.05) is 7.05 Å². The summed E-state index contributed by atoms with van der Waals surface area (Å²) >= 11 is 1.29. The Bertz CT molecular complexity index is 920. The highest BCUT2D eigenvalue weighted by molar-refractivity contribution is 7.99. The summed E-state index contributed by atoms with van der Waals surface area (Å²) in [4.78, 5) is 12.1. The van der Waals surface area contributed by atoms with Crippen molar-refractivity contribution in [3.05, 3.63) is 24.3 Å². The van der Waals surface area contributed by atoms with E-state index in [1.165, 1.54) is 18.2 Å². The molecular weight excluding hydrogens is 400 g/mol. The molecule has 3 rings (SSSR count). The number of sulfonamides is 1. The zero-order valence-corrected chi connectivity index (χ0v) is 17.6. The molecule has 0 radical (unpaired) electrons. The first kappa shape index (κ1) is 20.7. The Balaban J connectivity index is 1.59. The maximum Gasteiger partial charge on any atom is 0.316 e. The maximum atomic E-state index is 12.1. The summed E-state index contributed by atoms with van der Waals surface area (Å²) in [6, 6.07) is 6.87. The van der Waals surface area contributed by atoms with E-state index in [0.717, 1.165) is 37.5 Å². The normalized spacial score (nSPS) is 15.4. The summed E-state index contributed by atoms with van der Waals surface area (Å²) < 4.78 is 32.3. The van der Waals surface area contributed by atoms with Gasteiger partial charge in [0.2, 0.25) is 10.0 Å². The number of carbonyl (C=O) groups is 1. The van der Waals surface area contributed by atoms with Gasteiger partial charge in [0.1, 0.15) is 6.10 Å². The molecule has 0 saturated heterocycles. The third-order valence-electron chi connectivity index (χ3n) is 4.45. The average Bonchev–Trinajstić information content (AvgIpc) is 3.01. The number of hydrogen-bond acceptors (Lipinski definition) is 7. The number of aromatic nitrogens is 3. The van der Waals surface area contributed by atoms with Gasteiger partial charge in [-0.1, -0.05) is 18.2 Å². The van der Waals surface area contributed by atoms with E-state index < -0.39 is 10.0 Å². The second kappa shape index (κ2) is 8.95. The number of benzene rings is 1. The molecule has 1 aliphatic rings. The quantitative estimate of drug-likeness (QED) is 0.538. The fourth-order valence-electron chi connectivity index (χ4n) is 3.12. The van der Waals surface area contributed by atoms with Gasteiger partial charge < -0.3 is 9.30 Å². The van der Waals surface area contributed by atoms with Crippen LogP contribution < -0.4 is 4.72 Å². The first-order valence-electron chi connectivity index (χ1n) is 9.12. The monoisotopic (exact) mass is 424 g/mol. The van der Waals surface area contributed by atoms with Gasteiger partial charge >= 0.3 is 5.97 Å². The van der Waals surface area contributed by atoms with Gasteiger partial charge in [-0.2, -0.15) is 0 Å². The van der Waals surface area contributed by atoms with E-state index in [4.69, 9.17) is 4.74 Å². The standard InChI is InChI=1S/C18H24N4O4S2/c1-22-17(13-8-10-14(11-9-13)21-28(2,24)25)19-20-18(22)27-12-16(23)26-15-6-4-3-5-7-15/h8-11,15,21H,3-7,12H2,1-2H3. The lowest BCUT2D eigenvalue weighted by molar-refractivity contribution is -0.147. The number of rotatable bonds is 7. The Kier molecular flexibility index (Phi) is 6.61. The summed E-state index contributed by atoms with van der Waals surface area (Å²) in [6.07, 6.45) is 6.52. The second-order valence-electron chi connectivity index (χ2n) is 6.86. The molecule has 1 N–H and O–H groups in total. The molecule has 0 bridgehead atoms. The van der Waals surface area contributed by atoms with Crippen LogP contribution in [0.5, 0.6) is 0 Å². The lowest BCUT2D eigenvalue weighted by Crippen LogP contribution is -2.22. The zero-order chi connectivity index (χ0) is 20.1. The maximum absolute atomic E-state index is 12.1. The first-order chi connectivity index (χ1) is 13.3. The Morgan fingerprint density at radius 2 is 1.89 bits per heavy atom. The summed E-state index contributed by atoms with van der Waals surface area (Å²) in [7, 11) is -1.49. The van der Waals surface area contributed by atoms with E-state index >= 15 is 0 Å². The van der Waals surface area contributed by atoms with Crippen LogP contribution in [0, 0.1) is 0 Å². The highest BCUT2D eigenvalue weighted by atomic mass is 32.2. The SMILES string of the molecule is Cn1c(SCC(=O)OC2CCCCC2)nnc1-c1ccc(NS(C)(=O)=O)cc1. The number of nitrogens with one attached hydrogen (secondary N) is 1. The Hall–Kier alpha value is -2.07. The molecule has 0 aliphatic heterocycles. The molecule has 10 heteroatoms. The molecule has 1 aliphatic carbocycles. The Morgan fingerprint density at radius 3 is 2.54 bits per heavy atom. The van der Waals surface area contributed by atoms with Crippen molar-refractivity contribution in [3.8, 4) is 11.4 Å². The van der Waals surface area contributed by atoms with Crippen molar-refractivity contribution < 1.29 is 17.9 Å². The molecule has 0 spiro atoms. The van der Waals surface area contributed by atoms with Crippen LogP contribution in [-0.2, 0) is 26.6 Å². The van der Waals surface area contributed by atoms with Gasteiger partial charge in [-0.15, -0.1) is 10.2 Å². The van der Waals surface area contributed by atoms with Gasteiger partial charge in [0.05, 0.1) is 12.0 Å². The number of esters is 1. The van der Waals surface area contributed by atoms with E-state index in [2.05, 4.69) is 14.9 Å². The molecule has 0 atom stereocenters. The van der Waals surface area contributed by atoms with Crippen LogP contribution in [-0.4, -0.2) is 47.3 Å². The fourth-order valence-corrected chi connectivity index (χ4v) is 4.38. The summed E-state index contributed by atoms with van der Waals surface area (Å²) in [5, 5.41) is 8.95. The minimum atomic E-state index is -3.32. The zero-order valence-electron chi connectivity index (χ0n) is 15.9. The van der Waals surface area contributed by atoms with Crippen LogP contribution in [0.4, 0.5) is 5.69 Å². The van der Waals surface area contributed by atoms with E-state index in [1.54, 1.807) is 28.8 Å². The number of nitrogens with zero attached hydrogens (tertiary/aromatic N) is 3. The lowest BCUT2D eigenvalue weighted by Gasteiger charge is -2.21. The van der Waals surface area contributed by atoms with Crippen molar-refractivity contribution in [3.63, 3.8) is 0 Å². The number of carbonyl (C=O) groups excluding carboxylic acids is 1. The minimum absolute atomic E-state index is 0.0518. The molecule has 0 amide bonds. The van der Waals surface area contributed by atoms with Gasteiger partial charge in [-0.05, 0) is 49.9 Å². The number of hydrogen-bond donors (Lipinski definition) is 1. The van der Waals surface area contributed by atoms with Crippen molar-refractivity contribution in [2.75, 3.05) is 16.7 Å². The van der Waals surface area contributed by atoms with Gasteiger partial charge in [-0.25, -0.2) is 8.42 Å². The van der Waals surface area contributed by atoms with Gasteiger partial charge in [0, 0.05) is 18.3 Å². The first-order valence-corrected chi connectivity index (χ1v) is 12.0. The van der Waals surface area contributed by atoms with Gasteiger partial charge in [-0.3, -0.25) is 9.52 Å². The summed E-state index contributed by atoms with van der Waals surface area (Å²) in [6.45, 7) is 0. The molecule has 28 heavy (non-hydrogen) atoms. The third kappa shape index (κ3) is 5.71. The molecule has 1 heterocycles. The fraction of sp³-hybridized carbons (Fsp3) is 0.500. The van der Waals surface area contributed by atoms with Crippen molar-refractivity contribution in [2.24, 2.45) is 7.05 Å². The van der Waals surface area contributed by atoms with Crippen molar-refractivity contribution >= 4 is 33.4 Å². The van der Waals surface area contributed by atoms with E-state index in [-0.39, 0.29) is 17.8 Å². The summed E-state index contributed by atoms with van der Waals surface area (Å²) in [5.41, 5.74) is 1.28. The predicted octanol–water partition coefficient (Wildman–Crippen LogP) is 2.82. The molecule has 1 saturated carbocycles. The van der Waals surface area contributed by atoms with Crippen LogP contribution in [0.3, 0.4) is 0 Å². The minimum Gasteiger partial charge on any atom is -0.462 e.